The summed E-state index contributed by atoms with van der Waals surface area (Å²) in [5.41, 5.74) is 0.716. The van der Waals surface area contributed by atoms with Crippen molar-refractivity contribution in [2.45, 2.75) is 0 Å². The van der Waals surface area contributed by atoms with Gasteiger partial charge in [-0.15, -0.1) is 5.10 Å². The Labute approximate surface area is 140 Å². The van der Waals surface area contributed by atoms with Gasteiger partial charge in [-0.25, -0.2) is 0 Å². The first-order chi connectivity index (χ1) is 11.5. The van der Waals surface area contributed by atoms with Gasteiger partial charge in [-0.3, -0.25) is 25.3 Å². The maximum Gasteiger partial charge on any atom is 0.270 e. The molecular weight excluding hydrogens is 334 g/mol. The molecule has 1 amide bonds. The summed E-state index contributed by atoms with van der Waals surface area (Å²) in [5.74, 6) is 0.0162. The van der Waals surface area contributed by atoms with E-state index in [0.29, 0.717) is 5.82 Å². The third-order valence-electron chi connectivity index (χ3n) is 3.17. The largest absolute Gasteiger partial charge is 0.289 e. The van der Waals surface area contributed by atoms with E-state index >= 15 is 0 Å². The predicted molar refractivity (Wildman–Crippen MR) is 87.9 cm³/mol. The zero-order chi connectivity index (χ0) is 17.1. The number of aromatic amines is 1. The number of H-pyrrole nitrogens is 1. The number of nitro benzene ring substituents is 1. The lowest BCUT2D eigenvalue weighted by molar-refractivity contribution is -0.384. The quantitative estimate of drug-likeness (QED) is 0.557. The van der Waals surface area contributed by atoms with E-state index in [1.165, 1.54) is 12.1 Å². The number of hydrogen-bond acceptors (Lipinski definition) is 5. The Kier molecular flexibility index (Phi) is 4.21. The van der Waals surface area contributed by atoms with Crippen molar-refractivity contribution in [1.29, 1.82) is 0 Å². The molecular formula is C15H10ClN5O3. The summed E-state index contributed by atoms with van der Waals surface area (Å²) in [6, 6.07) is 12.9. The lowest BCUT2D eigenvalue weighted by Crippen LogP contribution is -2.13. The van der Waals surface area contributed by atoms with E-state index in [4.69, 9.17) is 11.6 Å². The Balaban J connectivity index is 1.78. The minimum Gasteiger partial charge on any atom is -0.289 e. The van der Waals surface area contributed by atoms with Gasteiger partial charge in [-0.1, -0.05) is 41.9 Å². The molecule has 3 rings (SSSR count). The molecule has 0 saturated carbocycles. The second kappa shape index (κ2) is 6.47. The number of benzene rings is 2. The number of hydrogen-bond donors (Lipinski definition) is 2. The molecule has 0 unspecified atom stereocenters. The van der Waals surface area contributed by atoms with Crippen LogP contribution in [0.2, 0.25) is 5.02 Å². The number of nitrogens with one attached hydrogen (secondary N) is 2. The summed E-state index contributed by atoms with van der Waals surface area (Å²) >= 11 is 5.92. The molecule has 0 fully saturated rings. The van der Waals surface area contributed by atoms with Crippen molar-refractivity contribution < 1.29 is 9.72 Å². The Morgan fingerprint density at radius 1 is 1.21 bits per heavy atom. The molecule has 2 aromatic carbocycles. The standard InChI is InChI=1S/C15H10ClN5O3/c16-12-8-10(21(23)24)6-7-11(12)14(22)18-15-17-13(19-20-15)9-4-2-1-3-5-9/h1-8H,(H2,17,18,19,20,22). The first-order valence-electron chi connectivity index (χ1n) is 6.78. The molecule has 0 aliphatic carbocycles. The van der Waals surface area contributed by atoms with Crippen LogP contribution >= 0.6 is 11.6 Å². The van der Waals surface area contributed by atoms with Crippen molar-refractivity contribution in [3.05, 3.63) is 69.2 Å². The van der Waals surface area contributed by atoms with Gasteiger partial charge >= 0.3 is 0 Å². The van der Waals surface area contributed by atoms with E-state index in [-0.39, 0.29) is 22.2 Å². The number of non-ortho nitro benzene ring substituents is 1. The normalized spacial score (nSPS) is 10.4. The smallest absolute Gasteiger partial charge is 0.270 e. The number of anilines is 1. The first-order valence-corrected chi connectivity index (χ1v) is 7.15. The lowest BCUT2D eigenvalue weighted by Gasteiger charge is -2.03. The van der Waals surface area contributed by atoms with Gasteiger partial charge in [0.05, 0.1) is 15.5 Å². The molecule has 120 valence electrons. The van der Waals surface area contributed by atoms with Crippen molar-refractivity contribution in [1.82, 2.24) is 15.2 Å². The van der Waals surface area contributed by atoms with Crippen LogP contribution in [0.15, 0.2) is 48.5 Å². The highest BCUT2D eigenvalue weighted by molar-refractivity contribution is 6.34. The Morgan fingerprint density at radius 2 is 1.96 bits per heavy atom. The van der Waals surface area contributed by atoms with Crippen LogP contribution < -0.4 is 5.32 Å². The highest BCUT2D eigenvalue weighted by atomic mass is 35.5. The number of nitro groups is 1. The Morgan fingerprint density at radius 3 is 2.62 bits per heavy atom. The number of rotatable bonds is 4. The van der Waals surface area contributed by atoms with Crippen LogP contribution in [-0.4, -0.2) is 26.0 Å². The van der Waals surface area contributed by atoms with Crippen molar-refractivity contribution in [2.75, 3.05) is 5.32 Å². The fraction of sp³-hybridized carbons (Fsp3) is 0. The molecule has 3 aromatic rings. The Hall–Kier alpha value is -3.26. The number of carbonyl (C=O) groups excluding carboxylic acids is 1. The highest BCUT2D eigenvalue weighted by Crippen LogP contribution is 2.23. The van der Waals surface area contributed by atoms with Crippen LogP contribution in [0.4, 0.5) is 11.6 Å². The molecule has 1 aromatic heterocycles. The van der Waals surface area contributed by atoms with Gasteiger partial charge in [0.1, 0.15) is 0 Å². The second-order valence-electron chi connectivity index (χ2n) is 4.75. The maximum absolute atomic E-state index is 12.2. The molecule has 8 nitrogen and oxygen atoms in total. The van der Waals surface area contributed by atoms with Crippen LogP contribution in [0.5, 0.6) is 0 Å². The van der Waals surface area contributed by atoms with Crippen LogP contribution in [0.25, 0.3) is 11.4 Å². The predicted octanol–water partition coefficient (Wildman–Crippen LogP) is 3.29. The number of nitrogens with zero attached hydrogens (tertiary/aromatic N) is 3. The van der Waals surface area contributed by atoms with E-state index < -0.39 is 10.8 Å². The molecule has 0 radical (unpaired) electrons. The molecule has 0 aliphatic rings. The Bertz CT molecular complexity index is 910. The lowest BCUT2D eigenvalue weighted by atomic mass is 10.2. The van der Waals surface area contributed by atoms with Gasteiger partial charge in [-0.05, 0) is 6.07 Å². The van der Waals surface area contributed by atoms with Crippen LogP contribution in [-0.2, 0) is 0 Å². The monoisotopic (exact) mass is 343 g/mol. The van der Waals surface area contributed by atoms with Gasteiger partial charge in [0.15, 0.2) is 5.82 Å². The summed E-state index contributed by atoms with van der Waals surface area (Å²) in [6.07, 6.45) is 0. The fourth-order valence-corrected chi connectivity index (χ4v) is 2.27. The van der Waals surface area contributed by atoms with Crippen molar-refractivity contribution in [3.8, 4) is 11.4 Å². The molecule has 9 heteroatoms. The maximum atomic E-state index is 12.2. The summed E-state index contributed by atoms with van der Waals surface area (Å²) < 4.78 is 0. The number of carbonyl (C=O) groups is 1. The fourth-order valence-electron chi connectivity index (χ4n) is 2.01. The minimum atomic E-state index is -0.588. The minimum absolute atomic E-state index is 0.0273. The van der Waals surface area contributed by atoms with Gasteiger partial charge in [0.25, 0.3) is 11.6 Å². The molecule has 0 saturated heterocycles. The first kappa shape index (κ1) is 15.6. The van der Waals surface area contributed by atoms with E-state index in [1.807, 2.05) is 30.3 Å². The average molecular weight is 344 g/mol. The van der Waals surface area contributed by atoms with E-state index in [1.54, 1.807) is 0 Å². The van der Waals surface area contributed by atoms with Gasteiger partial charge < -0.3 is 0 Å². The third-order valence-corrected chi connectivity index (χ3v) is 3.48. The third kappa shape index (κ3) is 3.23. The van der Waals surface area contributed by atoms with Gasteiger partial charge in [-0.2, -0.15) is 4.98 Å². The number of aromatic nitrogens is 3. The topological polar surface area (TPSA) is 114 Å². The summed E-state index contributed by atoms with van der Waals surface area (Å²) in [4.78, 5) is 26.5. The van der Waals surface area contributed by atoms with E-state index in [2.05, 4.69) is 20.5 Å². The van der Waals surface area contributed by atoms with Crippen LogP contribution in [0.1, 0.15) is 10.4 Å². The SMILES string of the molecule is O=C(Nc1n[nH]c(-c2ccccc2)n1)c1ccc([N+](=O)[O-])cc1Cl. The zero-order valence-electron chi connectivity index (χ0n) is 12.1. The van der Waals surface area contributed by atoms with Gasteiger partial charge in [0, 0.05) is 17.7 Å². The zero-order valence-corrected chi connectivity index (χ0v) is 12.8. The van der Waals surface area contributed by atoms with Crippen molar-refractivity contribution >= 4 is 29.1 Å². The van der Waals surface area contributed by atoms with Crippen molar-refractivity contribution in [3.63, 3.8) is 0 Å². The summed E-state index contributed by atoms with van der Waals surface area (Å²) in [5, 5.41) is 19.8. The molecule has 2 N–H and O–H groups in total. The molecule has 0 spiro atoms. The number of halogens is 1. The molecule has 24 heavy (non-hydrogen) atoms. The molecule has 1 heterocycles. The van der Waals surface area contributed by atoms with Crippen molar-refractivity contribution in [2.24, 2.45) is 0 Å². The number of amides is 1. The molecule has 0 aliphatic heterocycles. The average Bonchev–Trinajstić information content (AvgIpc) is 3.03. The second-order valence-corrected chi connectivity index (χ2v) is 5.16. The van der Waals surface area contributed by atoms with Crippen LogP contribution in [0.3, 0.4) is 0 Å². The van der Waals surface area contributed by atoms with E-state index in [0.717, 1.165) is 11.6 Å². The summed E-state index contributed by atoms with van der Waals surface area (Å²) in [6.45, 7) is 0. The van der Waals surface area contributed by atoms with E-state index in [9.17, 15) is 14.9 Å². The van der Waals surface area contributed by atoms with Crippen LogP contribution in [0, 0.1) is 10.1 Å². The molecule has 0 bridgehead atoms. The highest BCUT2D eigenvalue weighted by Gasteiger charge is 2.16. The van der Waals surface area contributed by atoms with Gasteiger partial charge in [0.2, 0.25) is 5.95 Å². The summed E-state index contributed by atoms with van der Waals surface area (Å²) in [7, 11) is 0. The molecule has 0 atom stereocenters.